The minimum atomic E-state index is -0.253. The molecular weight excluding hydrogens is 282 g/mol. The Balaban J connectivity index is 2.04. The third-order valence-electron chi connectivity index (χ3n) is 3.73. The second-order valence-electron chi connectivity index (χ2n) is 5.60. The molecule has 0 saturated carbocycles. The molecule has 1 aromatic rings. The van der Waals surface area contributed by atoms with Crippen LogP contribution in [0.4, 0.5) is 11.4 Å². The molecule has 1 heterocycles. The molecular formula is C16H27N3O3. The number of likely N-dealkylation sites (N-methyl/N-ethyl adjacent to an activating group) is 1. The molecule has 1 aliphatic heterocycles. The summed E-state index contributed by atoms with van der Waals surface area (Å²) >= 11 is 0. The normalized spacial score (nSPS) is 14.2. The molecule has 0 bridgehead atoms. The highest BCUT2D eigenvalue weighted by atomic mass is 16.7. The lowest BCUT2D eigenvalue weighted by atomic mass is 10.2. The van der Waals surface area contributed by atoms with E-state index in [1.165, 1.54) is 0 Å². The van der Waals surface area contributed by atoms with Gasteiger partial charge in [0.15, 0.2) is 6.29 Å². The molecule has 0 aliphatic carbocycles. The van der Waals surface area contributed by atoms with E-state index in [9.17, 15) is 0 Å². The van der Waals surface area contributed by atoms with E-state index < -0.39 is 0 Å². The fourth-order valence-electron chi connectivity index (χ4n) is 2.40. The minimum Gasteiger partial charge on any atom is -0.490 e. The number of nitrogens with one attached hydrogen (secondary N) is 1. The molecule has 0 radical (unpaired) electrons. The molecule has 0 atom stereocenters. The summed E-state index contributed by atoms with van der Waals surface area (Å²) in [4.78, 5) is 4.56. The maximum Gasteiger partial charge on any atom is 0.173 e. The molecule has 1 aromatic carbocycles. The Bertz CT molecular complexity index is 464. The van der Waals surface area contributed by atoms with Crippen molar-refractivity contribution in [2.75, 3.05) is 71.3 Å². The van der Waals surface area contributed by atoms with Crippen molar-refractivity contribution >= 4 is 11.4 Å². The van der Waals surface area contributed by atoms with Crippen LogP contribution in [0.15, 0.2) is 18.2 Å². The Morgan fingerprint density at radius 1 is 1.32 bits per heavy atom. The predicted octanol–water partition coefficient (Wildman–Crippen LogP) is 1.48. The van der Waals surface area contributed by atoms with E-state index in [0.29, 0.717) is 6.54 Å². The van der Waals surface area contributed by atoms with Crippen LogP contribution in [0, 0.1) is 0 Å². The van der Waals surface area contributed by atoms with Gasteiger partial charge < -0.3 is 29.3 Å². The molecule has 124 valence electrons. The van der Waals surface area contributed by atoms with E-state index in [-0.39, 0.29) is 6.29 Å². The number of anilines is 2. The lowest BCUT2D eigenvalue weighted by Gasteiger charge is -2.32. The van der Waals surface area contributed by atoms with Gasteiger partial charge in [0, 0.05) is 33.0 Å². The van der Waals surface area contributed by atoms with Gasteiger partial charge in [-0.2, -0.15) is 0 Å². The van der Waals surface area contributed by atoms with E-state index in [0.717, 1.165) is 43.4 Å². The largest absolute Gasteiger partial charge is 0.490 e. The smallest absolute Gasteiger partial charge is 0.173 e. The van der Waals surface area contributed by atoms with Crippen molar-refractivity contribution in [1.29, 1.82) is 0 Å². The first-order valence-corrected chi connectivity index (χ1v) is 7.60. The van der Waals surface area contributed by atoms with Crippen LogP contribution >= 0.6 is 0 Å². The first-order valence-electron chi connectivity index (χ1n) is 7.60. The number of ether oxygens (including phenoxy) is 3. The fraction of sp³-hybridized carbons (Fsp3) is 0.625. The number of fused-ring (bicyclic) bond motifs is 1. The lowest BCUT2D eigenvalue weighted by Crippen LogP contribution is -2.37. The van der Waals surface area contributed by atoms with Crippen LogP contribution in [0.3, 0.4) is 0 Å². The summed E-state index contributed by atoms with van der Waals surface area (Å²) in [6.45, 7) is 4.27. The van der Waals surface area contributed by atoms with E-state index in [2.05, 4.69) is 35.3 Å². The third-order valence-corrected chi connectivity index (χ3v) is 3.73. The van der Waals surface area contributed by atoms with Crippen molar-refractivity contribution in [3.8, 4) is 5.75 Å². The fourth-order valence-corrected chi connectivity index (χ4v) is 2.40. The zero-order chi connectivity index (χ0) is 15.9. The van der Waals surface area contributed by atoms with E-state index in [4.69, 9.17) is 14.2 Å². The third kappa shape index (κ3) is 4.50. The van der Waals surface area contributed by atoms with Gasteiger partial charge in [0.2, 0.25) is 0 Å². The minimum absolute atomic E-state index is 0.253. The van der Waals surface area contributed by atoms with Crippen LogP contribution in [0.1, 0.15) is 0 Å². The van der Waals surface area contributed by atoms with Crippen LogP contribution in [0.2, 0.25) is 0 Å². The molecule has 0 saturated heterocycles. The van der Waals surface area contributed by atoms with Crippen molar-refractivity contribution in [1.82, 2.24) is 4.90 Å². The van der Waals surface area contributed by atoms with Gasteiger partial charge in [0.1, 0.15) is 12.4 Å². The zero-order valence-electron chi connectivity index (χ0n) is 14.0. The number of methoxy groups -OCH3 is 2. The summed E-state index contributed by atoms with van der Waals surface area (Å²) in [6.07, 6.45) is -0.253. The average Bonchev–Trinajstić information content (AvgIpc) is 2.53. The van der Waals surface area contributed by atoms with Crippen molar-refractivity contribution in [3.05, 3.63) is 18.2 Å². The predicted molar refractivity (Wildman–Crippen MR) is 89.0 cm³/mol. The molecule has 6 nitrogen and oxygen atoms in total. The van der Waals surface area contributed by atoms with Crippen molar-refractivity contribution in [2.45, 2.75) is 6.29 Å². The van der Waals surface area contributed by atoms with Crippen molar-refractivity contribution < 1.29 is 14.2 Å². The SMILES string of the molecule is COC(CNc1ccc2c(c1)N(CCN(C)C)CCO2)OC. The highest BCUT2D eigenvalue weighted by Gasteiger charge is 2.18. The van der Waals surface area contributed by atoms with E-state index >= 15 is 0 Å². The van der Waals surface area contributed by atoms with Crippen LogP contribution < -0.4 is 15.0 Å². The van der Waals surface area contributed by atoms with E-state index in [1.54, 1.807) is 14.2 Å². The zero-order valence-corrected chi connectivity index (χ0v) is 14.0. The molecule has 0 spiro atoms. The van der Waals surface area contributed by atoms with Gasteiger partial charge in [-0.15, -0.1) is 0 Å². The molecule has 0 amide bonds. The summed E-state index contributed by atoms with van der Waals surface area (Å²) < 4.78 is 16.1. The Morgan fingerprint density at radius 3 is 2.77 bits per heavy atom. The van der Waals surface area contributed by atoms with Crippen molar-refractivity contribution in [3.63, 3.8) is 0 Å². The quantitative estimate of drug-likeness (QED) is 0.734. The molecule has 0 fully saturated rings. The maximum absolute atomic E-state index is 5.75. The van der Waals surface area contributed by atoms with Gasteiger partial charge in [0.25, 0.3) is 0 Å². The van der Waals surface area contributed by atoms with Crippen LogP contribution in [-0.2, 0) is 9.47 Å². The summed E-state index contributed by atoms with van der Waals surface area (Å²) in [6, 6.07) is 6.18. The summed E-state index contributed by atoms with van der Waals surface area (Å²) in [5.74, 6) is 0.950. The van der Waals surface area contributed by atoms with Crippen LogP contribution in [0.5, 0.6) is 5.75 Å². The summed E-state index contributed by atoms with van der Waals surface area (Å²) in [7, 11) is 7.46. The van der Waals surface area contributed by atoms with E-state index in [1.807, 2.05) is 12.1 Å². The van der Waals surface area contributed by atoms with Gasteiger partial charge >= 0.3 is 0 Å². The Kier molecular flexibility index (Phi) is 6.30. The Labute approximate surface area is 132 Å². The highest BCUT2D eigenvalue weighted by Crippen LogP contribution is 2.33. The second-order valence-corrected chi connectivity index (χ2v) is 5.60. The van der Waals surface area contributed by atoms with Gasteiger partial charge in [-0.1, -0.05) is 0 Å². The Hall–Kier alpha value is -1.50. The molecule has 1 N–H and O–H groups in total. The summed E-state index contributed by atoms with van der Waals surface area (Å²) in [5.41, 5.74) is 2.18. The standard InChI is InChI=1S/C16H27N3O3/c1-18(2)7-8-19-9-10-22-15-6-5-13(11-14(15)19)17-12-16(20-3)21-4/h5-6,11,16-17H,7-10,12H2,1-4H3. The molecule has 0 aromatic heterocycles. The number of hydrogen-bond acceptors (Lipinski definition) is 6. The first kappa shape index (κ1) is 16.9. The van der Waals surface area contributed by atoms with Gasteiger partial charge in [-0.05, 0) is 32.3 Å². The number of benzene rings is 1. The monoisotopic (exact) mass is 309 g/mol. The molecule has 0 unspecified atom stereocenters. The summed E-state index contributed by atoms with van der Waals surface area (Å²) in [5, 5.41) is 3.34. The maximum atomic E-state index is 5.75. The number of hydrogen-bond donors (Lipinski definition) is 1. The highest BCUT2D eigenvalue weighted by molar-refractivity contribution is 5.67. The van der Waals surface area contributed by atoms with Gasteiger partial charge in [-0.25, -0.2) is 0 Å². The number of nitrogens with zero attached hydrogens (tertiary/aromatic N) is 2. The second kappa shape index (κ2) is 8.22. The lowest BCUT2D eigenvalue weighted by molar-refractivity contribution is -0.0914. The van der Waals surface area contributed by atoms with Gasteiger partial charge in [0.05, 0.1) is 18.8 Å². The molecule has 2 rings (SSSR count). The van der Waals surface area contributed by atoms with Crippen LogP contribution in [-0.4, -0.2) is 72.3 Å². The van der Waals surface area contributed by atoms with Crippen LogP contribution in [0.25, 0.3) is 0 Å². The molecule has 1 aliphatic rings. The topological polar surface area (TPSA) is 46.2 Å². The molecule has 22 heavy (non-hydrogen) atoms. The molecule has 6 heteroatoms. The Morgan fingerprint density at radius 2 is 2.09 bits per heavy atom. The van der Waals surface area contributed by atoms with Crippen molar-refractivity contribution in [2.24, 2.45) is 0 Å². The van der Waals surface area contributed by atoms with Gasteiger partial charge in [-0.3, -0.25) is 0 Å². The first-order chi connectivity index (χ1) is 10.6. The average molecular weight is 309 g/mol. The number of rotatable bonds is 8.